The van der Waals surface area contributed by atoms with Crippen molar-refractivity contribution in [3.8, 4) is 22.5 Å². The van der Waals surface area contributed by atoms with Gasteiger partial charge in [-0.05, 0) is 110 Å². The van der Waals surface area contributed by atoms with Gasteiger partial charge in [0.2, 0.25) is 0 Å². The summed E-state index contributed by atoms with van der Waals surface area (Å²) in [4.78, 5) is 10.3. The molecule has 2 aromatic carbocycles. The summed E-state index contributed by atoms with van der Waals surface area (Å²) in [7, 11) is 0. The molecule has 45 heavy (non-hydrogen) atoms. The third-order valence-electron chi connectivity index (χ3n) is 9.15. The molecule has 2 aliphatic rings. The van der Waals surface area contributed by atoms with E-state index >= 15 is 0 Å². The highest BCUT2D eigenvalue weighted by atomic mass is 14.9. The molecule has 1 unspecified atom stereocenters. The molecule has 0 saturated heterocycles. The quantitative estimate of drug-likeness (QED) is 0.199. The summed E-state index contributed by atoms with van der Waals surface area (Å²) in [6, 6.07) is 17.1. The van der Waals surface area contributed by atoms with Crippen LogP contribution < -0.4 is 0 Å². The fraction of sp³-hybridized carbons (Fsp3) is 0.262. The maximum Gasteiger partial charge on any atom is 0.160 e. The topological polar surface area (TPSA) is 49.6 Å². The number of allylic oxidation sites excluding steroid dienone is 13. The number of benzene rings is 2. The highest BCUT2D eigenvalue weighted by Gasteiger charge is 2.42. The first-order chi connectivity index (χ1) is 21.7. The van der Waals surface area contributed by atoms with Crippen LogP contribution in [0.1, 0.15) is 83.3 Å². The number of aromatic nitrogens is 2. The number of fused-ring (bicyclic) bond motifs is 3. The van der Waals surface area contributed by atoms with Gasteiger partial charge in [-0.2, -0.15) is 0 Å². The zero-order valence-corrected chi connectivity index (χ0v) is 27.6. The molecule has 0 saturated carbocycles. The fourth-order valence-electron chi connectivity index (χ4n) is 6.09. The van der Waals surface area contributed by atoms with Crippen LogP contribution in [0.5, 0.6) is 0 Å². The monoisotopic (exact) mass is 591 g/mol. The van der Waals surface area contributed by atoms with Crippen molar-refractivity contribution in [1.82, 2.24) is 9.97 Å². The van der Waals surface area contributed by atoms with Gasteiger partial charge in [0.15, 0.2) is 5.82 Å². The van der Waals surface area contributed by atoms with E-state index in [9.17, 15) is 5.41 Å². The smallest absolute Gasteiger partial charge is 0.160 e. The van der Waals surface area contributed by atoms with E-state index in [2.05, 4.69) is 139 Å². The van der Waals surface area contributed by atoms with Crippen LogP contribution in [0.25, 0.3) is 33.7 Å². The summed E-state index contributed by atoms with van der Waals surface area (Å²) in [5.74, 6) is 1.07. The van der Waals surface area contributed by atoms with Crippen molar-refractivity contribution in [2.45, 2.75) is 66.2 Å². The molecule has 2 aliphatic carbocycles. The van der Waals surface area contributed by atoms with Crippen molar-refractivity contribution in [3.05, 3.63) is 143 Å². The summed E-state index contributed by atoms with van der Waals surface area (Å²) in [5, 5.41) is 9.17. The summed E-state index contributed by atoms with van der Waals surface area (Å²) >= 11 is 0. The molecule has 3 nitrogen and oxygen atoms in total. The molecule has 0 aliphatic heterocycles. The van der Waals surface area contributed by atoms with E-state index in [4.69, 9.17) is 9.97 Å². The number of hydrogen-bond acceptors (Lipinski definition) is 3. The second-order valence-corrected chi connectivity index (χ2v) is 12.6. The minimum Gasteiger partial charge on any atom is -0.304 e. The minimum atomic E-state index is -0.533. The fourth-order valence-corrected chi connectivity index (χ4v) is 6.09. The standard InChI is InChI=1S/C42H45N3/c1-8-29(5)30(6)21-22-31(9-2)38-27-39(32-16-12-10-11-13-17-32)45-41(44-38)33-23-24-37-35(26-33)34-18-14-15-19-36(34)42(37,7)40(43)25-20-28(3)4/h8-10,12,14-16,18-28,43H,2,11,13,17H2,1,3-7H3/b25-20-,29-8+,30-21+,31-22+,43-40?. The molecule has 1 atom stereocenters. The Bertz CT molecular complexity index is 1820. The van der Waals surface area contributed by atoms with Gasteiger partial charge in [0.25, 0.3) is 0 Å². The Morgan fingerprint density at radius 1 is 0.978 bits per heavy atom. The summed E-state index contributed by atoms with van der Waals surface area (Å²) < 4.78 is 0. The maximum atomic E-state index is 9.17. The van der Waals surface area contributed by atoms with Crippen molar-refractivity contribution >= 4 is 16.9 Å². The van der Waals surface area contributed by atoms with Crippen molar-refractivity contribution in [2.75, 3.05) is 0 Å². The first-order valence-corrected chi connectivity index (χ1v) is 16.1. The van der Waals surface area contributed by atoms with E-state index in [-0.39, 0.29) is 0 Å². The van der Waals surface area contributed by atoms with Gasteiger partial charge in [-0.3, -0.25) is 0 Å². The van der Waals surface area contributed by atoms with Crippen LogP contribution in [0, 0.1) is 11.3 Å². The highest BCUT2D eigenvalue weighted by molar-refractivity contribution is 6.08. The zero-order chi connectivity index (χ0) is 32.1. The molecule has 3 heteroatoms. The Balaban J connectivity index is 1.68. The largest absolute Gasteiger partial charge is 0.304 e. The van der Waals surface area contributed by atoms with E-state index in [1.807, 2.05) is 12.2 Å². The van der Waals surface area contributed by atoms with Crippen LogP contribution >= 0.6 is 0 Å². The molecule has 5 rings (SSSR count). The molecule has 0 radical (unpaired) electrons. The molecule has 0 amide bonds. The lowest BCUT2D eigenvalue weighted by molar-refractivity contribution is 0.790. The molecule has 228 valence electrons. The van der Waals surface area contributed by atoms with Crippen LogP contribution in [0.15, 0.2) is 121 Å². The number of nitrogens with zero attached hydrogens (tertiary/aromatic N) is 2. The van der Waals surface area contributed by atoms with Gasteiger partial charge < -0.3 is 5.41 Å². The predicted molar refractivity (Wildman–Crippen MR) is 193 cm³/mol. The van der Waals surface area contributed by atoms with Gasteiger partial charge in [-0.25, -0.2) is 9.97 Å². The van der Waals surface area contributed by atoms with Crippen LogP contribution in [-0.2, 0) is 5.41 Å². The van der Waals surface area contributed by atoms with E-state index in [0.29, 0.717) is 17.5 Å². The van der Waals surface area contributed by atoms with E-state index in [1.165, 1.54) is 22.3 Å². The average Bonchev–Trinajstić information content (AvgIpc) is 3.20. The zero-order valence-electron chi connectivity index (χ0n) is 27.6. The summed E-state index contributed by atoms with van der Waals surface area (Å²) in [6.07, 6.45) is 22.0. The molecule has 0 fully saturated rings. The van der Waals surface area contributed by atoms with Crippen molar-refractivity contribution in [1.29, 1.82) is 5.41 Å². The van der Waals surface area contributed by atoms with Gasteiger partial charge >= 0.3 is 0 Å². The van der Waals surface area contributed by atoms with Gasteiger partial charge in [-0.1, -0.05) is 111 Å². The third kappa shape index (κ3) is 6.44. The Morgan fingerprint density at radius 2 is 1.76 bits per heavy atom. The summed E-state index contributed by atoms with van der Waals surface area (Å²) in [5.41, 5.74) is 12.1. The minimum absolute atomic E-state index is 0.381. The lowest BCUT2D eigenvalue weighted by Gasteiger charge is -2.27. The van der Waals surface area contributed by atoms with Crippen LogP contribution in [0.2, 0.25) is 0 Å². The number of nitrogens with one attached hydrogen (secondary N) is 1. The van der Waals surface area contributed by atoms with Gasteiger partial charge in [-0.15, -0.1) is 0 Å². The molecule has 1 aromatic heterocycles. The van der Waals surface area contributed by atoms with E-state index in [1.54, 1.807) is 0 Å². The van der Waals surface area contributed by atoms with Crippen LogP contribution in [0.4, 0.5) is 0 Å². The molecule has 1 N–H and O–H groups in total. The normalized spacial score (nSPS) is 18.6. The lowest BCUT2D eigenvalue weighted by Crippen LogP contribution is -2.30. The van der Waals surface area contributed by atoms with Crippen LogP contribution in [0.3, 0.4) is 0 Å². The highest BCUT2D eigenvalue weighted by Crippen LogP contribution is 2.50. The Labute approximate surface area is 269 Å². The molecule has 0 spiro atoms. The summed E-state index contributed by atoms with van der Waals surface area (Å²) in [6.45, 7) is 16.9. The van der Waals surface area contributed by atoms with Crippen LogP contribution in [-0.4, -0.2) is 15.7 Å². The van der Waals surface area contributed by atoms with Gasteiger partial charge in [0.1, 0.15) is 0 Å². The molecule has 0 bridgehead atoms. The maximum absolute atomic E-state index is 9.17. The first-order valence-electron chi connectivity index (χ1n) is 16.1. The number of rotatable bonds is 9. The third-order valence-corrected chi connectivity index (χ3v) is 9.15. The van der Waals surface area contributed by atoms with Gasteiger partial charge in [0.05, 0.1) is 16.8 Å². The number of hydrogen-bond donors (Lipinski definition) is 1. The van der Waals surface area contributed by atoms with Gasteiger partial charge in [0, 0.05) is 11.3 Å². The van der Waals surface area contributed by atoms with E-state index in [0.717, 1.165) is 58.5 Å². The van der Waals surface area contributed by atoms with E-state index < -0.39 is 5.41 Å². The Morgan fingerprint density at radius 3 is 2.51 bits per heavy atom. The predicted octanol–water partition coefficient (Wildman–Crippen LogP) is 11.3. The Hall–Kier alpha value is -4.63. The Kier molecular flexibility index (Phi) is 9.58. The lowest BCUT2D eigenvalue weighted by atomic mass is 9.75. The molecular formula is C42H45N3. The van der Waals surface area contributed by atoms with Crippen molar-refractivity contribution < 1.29 is 0 Å². The average molecular weight is 592 g/mol. The second-order valence-electron chi connectivity index (χ2n) is 12.6. The second kappa shape index (κ2) is 13.6. The van der Waals surface area contributed by atoms with Crippen molar-refractivity contribution in [3.63, 3.8) is 0 Å². The van der Waals surface area contributed by atoms with Crippen molar-refractivity contribution in [2.24, 2.45) is 5.92 Å². The SMILES string of the molecule is C=C\C(=C/C=C(C)/C(C)=C/C)c1cc(C2=CC=CCCC2)nc(-c2ccc3c(c2)-c2ccccc2C3(C)C(=N)/C=C\C(C)C)n1. The molecular weight excluding hydrogens is 546 g/mol. The first kappa shape index (κ1) is 31.8. The molecule has 3 aromatic rings. The molecule has 1 heterocycles.